The normalized spacial score (nSPS) is 11.4. The van der Waals surface area contributed by atoms with E-state index in [4.69, 9.17) is 9.40 Å². The van der Waals surface area contributed by atoms with Gasteiger partial charge in [-0.05, 0) is 90.9 Å². The first-order valence-corrected chi connectivity index (χ1v) is 17.6. The molecule has 0 aliphatic carbocycles. The molecule has 0 unspecified atom stereocenters. The Labute approximate surface area is 312 Å². The van der Waals surface area contributed by atoms with Gasteiger partial charge < -0.3 is 14.4 Å². The van der Waals surface area contributed by atoms with Gasteiger partial charge in [-0.3, -0.25) is 0 Å². The fraction of sp³-hybridized carbons (Fsp3) is 0.200. The molecule has 0 bridgehead atoms. The Hall–Kier alpha value is -4.41. The van der Waals surface area contributed by atoms with E-state index >= 15 is 0 Å². The molecular formula is C45H40IrN2OS-2. The first-order valence-electron chi connectivity index (χ1n) is 16.8. The van der Waals surface area contributed by atoms with Crippen molar-refractivity contribution in [2.24, 2.45) is 5.41 Å². The first-order chi connectivity index (χ1) is 23.6. The number of hydrogen-bond acceptors (Lipinski definition) is 4. The number of rotatable bonds is 4. The van der Waals surface area contributed by atoms with E-state index in [0.717, 1.165) is 50.9 Å². The molecule has 0 aliphatic rings. The number of benzene rings is 4. The third kappa shape index (κ3) is 6.96. The van der Waals surface area contributed by atoms with E-state index in [-0.39, 0.29) is 25.5 Å². The SMILES string of the molecule is Cc1cccc(C)c1-c1cnc(-c2[c-]ccc3c2oc2c3ccc3sc(C)c(C)c32)cc1CC(C)(C)C.[Ir].[c-]1ccccc1-c1ccccn1. The minimum absolute atomic E-state index is 0. The van der Waals surface area contributed by atoms with Crippen molar-refractivity contribution in [1.82, 2.24) is 9.97 Å². The van der Waals surface area contributed by atoms with Crippen molar-refractivity contribution in [3.05, 3.63) is 143 Å². The molecule has 0 aliphatic heterocycles. The Bertz CT molecular complexity index is 2380. The second kappa shape index (κ2) is 14.4. The van der Waals surface area contributed by atoms with Crippen LogP contribution in [-0.4, -0.2) is 9.97 Å². The molecule has 0 spiro atoms. The molecule has 3 nitrogen and oxygen atoms in total. The minimum Gasteiger partial charge on any atom is -0.500 e. The Morgan fingerprint density at radius 3 is 2.20 bits per heavy atom. The average molecular weight is 849 g/mol. The van der Waals surface area contributed by atoms with Crippen molar-refractivity contribution in [2.45, 2.75) is 54.9 Å². The number of fused-ring (bicyclic) bond motifs is 5. The van der Waals surface area contributed by atoms with Crippen molar-refractivity contribution in [1.29, 1.82) is 0 Å². The number of nitrogens with zero attached hydrogens (tertiary/aromatic N) is 2. The fourth-order valence-corrected chi connectivity index (χ4v) is 7.79. The molecule has 0 atom stereocenters. The summed E-state index contributed by atoms with van der Waals surface area (Å²) in [5, 5.41) is 3.50. The second-order valence-electron chi connectivity index (χ2n) is 14.0. The quantitative estimate of drug-likeness (QED) is 0.166. The maximum absolute atomic E-state index is 6.67. The average Bonchev–Trinajstić information content (AvgIpc) is 3.61. The topological polar surface area (TPSA) is 38.9 Å². The molecule has 8 rings (SSSR count). The van der Waals surface area contributed by atoms with Crippen LogP contribution in [0.15, 0.2) is 108 Å². The van der Waals surface area contributed by atoms with Crippen molar-refractivity contribution >= 4 is 43.4 Å². The van der Waals surface area contributed by atoms with Gasteiger partial charge in [0.15, 0.2) is 0 Å². The molecule has 4 aromatic carbocycles. The molecule has 0 fully saturated rings. The molecule has 0 amide bonds. The van der Waals surface area contributed by atoms with E-state index in [0.29, 0.717) is 0 Å². The Morgan fingerprint density at radius 2 is 1.50 bits per heavy atom. The van der Waals surface area contributed by atoms with Crippen LogP contribution in [0.4, 0.5) is 0 Å². The predicted molar refractivity (Wildman–Crippen MR) is 207 cm³/mol. The largest absolute Gasteiger partial charge is 0.500 e. The van der Waals surface area contributed by atoms with Crippen LogP contribution in [0.5, 0.6) is 0 Å². The summed E-state index contributed by atoms with van der Waals surface area (Å²) in [6.45, 7) is 15.6. The van der Waals surface area contributed by atoms with Crippen LogP contribution in [0, 0.1) is 45.2 Å². The van der Waals surface area contributed by atoms with E-state index in [1.54, 1.807) is 6.20 Å². The first kappa shape index (κ1) is 35.4. The third-order valence-corrected chi connectivity index (χ3v) is 10.3. The monoisotopic (exact) mass is 849 g/mol. The fourth-order valence-electron chi connectivity index (χ4n) is 6.73. The van der Waals surface area contributed by atoms with Gasteiger partial charge in [-0.1, -0.05) is 74.2 Å². The van der Waals surface area contributed by atoms with Crippen LogP contribution in [0.1, 0.15) is 47.9 Å². The van der Waals surface area contributed by atoms with Gasteiger partial charge in [0, 0.05) is 58.4 Å². The molecule has 0 saturated carbocycles. The Morgan fingerprint density at radius 1 is 0.740 bits per heavy atom. The second-order valence-corrected chi connectivity index (χ2v) is 15.3. The summed E-state index contributed by atoms with van der Waals surface area (Å²) < 4.78 is 7.95. The van der Waals surface area contributed by atoms with Crippen LogP contribution < -0.4 is 0 Å². The Balaban J connectivity index is 0.000000281. The van der Waals surface area contributed by atoms with E-state index in [1.165, 1.54) is 48.3 Å². The van der Waals surface area contributed by atoms with Gasteiger partial charge in [0.25, 0.3) is 0 Å². The summed E-state index contributed by atoms with van der Waals surface area (Å²) >= 11 is 1.83. The van der Waals surface area contributed by atoms with Crippen molar-refractivity contribution in [3.8, 4) is 33.6 Å². The smallest absolute Gasteiger partial charge is 0.129 e. The number of aryl methyl sites for hydroxylation is 4. The standard InChI is InChI=1S/C34H32NOS.C11H8N.Ir/c1-19-10-8-11-20(2)30(19)27-18-35-28(16-23(27)17-34(5,6)7)26-13-9-12-24-25-14-15-29-31(21(3)22(4)37-29)33(25)36-32(24)26;1-2-6-10(7-3-1)11-8-4-5-9-12-11;/h8-12,14-16,18H,17H2,1-7H3;1-6,8-9H;/q2*-1;. The zero-order chi connectivity index (χ0) is 34.3. The van der Waals surface area contributed by atoms with Crippen LogP contribution >= 0.6 is 11.3 Å². The molecule has 1 radical (unpaired) electrons. The summed E-state index contributed by atoms with van der Waals surface area (Å²) in [5.41, 5.74) is 13.5. The predicted octanol–water partition coefficient (Wildman–Crippen LogP) is 12.7. The Kier molecular flexibility index (Phi) is 10.2. The molecular weight excluding hydrogens is 809 g/mol. The zero-order valence-electron chi connectivity index (χ0n) is 29.6. The van der Waals surface area contributed by atoms with Crippen LogP contribution in [0.25, 0.3) is 65.7 Å². The molecule has 0 saturated heterocycles. The zero-order valence-corrected chi connectivity index (χ0v) is 32.8. The number of hydrogen-bond donors (Lipinski definition) is 0. The van der Waals surface area contributed by atoms with Gasteiger partial charge in [-0.15, -0.1) is 65.4 Å². The molecule has 5 heteroatoms. The maximum atomic E-state index is 6.67. The summed E-state index contributed by atoms with van der Waals surface area (Å²) in [4.78, 5) is 10.6. The molecule has 8 aromatic rings. The maximum Gasteiger partial charge on any atom is 0.129 e. The number of furan rings is 1. The van der Waals surface area contributed by atoms with Gasteiger partial charge >= 0.3 is 0 Å². The van der Waals surface area contributed by atoms with Crippen LogP contribution in [0.3, 0.4) is 0 Å². The van der Waals surface area contributed by atoms with E-state index in [9.17, 15) is 0 Å². The summed E-state index contributed by atoms with van der Waals surface area (Å²) in [6.07, 6.45) is 4.80. The van der Waals surface area contributed by atoms with Crippen molar-refractivity contribution in [3.63, 3.8) is 0 Å². The molecule has 4 aromatic heterocycles. The number of aromatic nitrogens is 2. The van der Waals surface area contributed by atoms with Crippen LogP contribution in [-0.2, 0) is 26.5 Å². The van der Waals surface area contributed by atoms with Gasteiger partial charge in [0.1, 0.15) is 5.58 Å². The third-order valence-electron chi connectivity index (χ3n) is 9.10. The molecule has 0 N–H and O–H groups in total. The van der Waals surface area contributed by atoms with Gasteiger partial charge in [0.05, 0.1) is 5.58 Å². The van der Waals surface area contributed by atoms with Gasteiger partial charge in [-0.2, -0.15) is 0 Å². The summed E-state index contributed by atoms with van der Waals surface area (Å²) in [7, 11) is 0. The van der Waals surface area contributed by atoms with Crippen LogP contribution in [0.2, 0.25) is 0 Å². The molecule has 4 heterocycles. The van der Waals surface area contributed by atoms with E-state index < -0.39 is 0 Å². The summed E-state index contributed by atoms with van der Waals surface area (Å²) in [5.74, 6) is 0. The molecule has 253 valence electrons. The van der Waals surface area contributed by atoms with Crippen molar-refractivity contribution < 1.29 is 24.5 Å². The number of thiophene rings is 1. The number of pyridine rings is 2. The van der Waals surface area contributed by atoms with Crippen molar-refractivity contribution in [2.75, 3.05) is 0 Å². The van der Waals surface area contributed by atoms with E-state index in [2.05, 4.69) is 114 Å². The van der Waals surface area contributed by atoms with Gasteiger partial charge in [-0.25, -0.2) is 0 Å². The van der Waals surface area contributed by atoms with E-state index in [1.807, 2.05) is 59.9 Å². The van der Waals surface area contributed by atoms with Gasteiger partial charge in [0.2, 0.25) is 0 Å². The minimum atomic E-state index is 0. The summed E-state index contributed by atoms with van der Waals surface area (Å²) in [6, 6.07) is 37.6. The molecule has 50 heavy (non-hydrogen) atoms.